The van der Waals surface area contributed by atoms with E-state index in [4.69, 9.17) is 0 Å². The minimum absolute atomic E-state index is 0.112. The number of amides is 1. The van der Waals surface area contributed by atoms with Crippen LogP contribution < -0.4 is 5.32 Å². The molecule has 0 saturated carbocycles. The molecule has 0 spiro atoms. The molecule has 0 unspecified atom stereocenters. The molecule has 96 valence electrons. The van der Waals surface area contributed by atoms with Crippen molar-refractivity contribution >= 4 is 16.8 Å². The van der Waals surface area contributed by atoms with Crippen molar-refractivity contribution in [1.82, 2.24) is 15.5 Å². The summed E-state index contributed by atoms with van der Waals surface area (Å²) in [6.07, 6.45) is 1.80. The van der Waals surface area contributed by atoms with Gasteiger partial charge in [-0.2, -0.15) is 5.10 Å². The molecule has 0 fully saturated rings. The second-order valence-corrected chi connectivity index (χ2v) is 4.84. The highest BCUT2D eigenvalue weighted by Crippen LogP contribution is 2.18. The minimum atomic E-state index is -0.170. The summed E-state index contributed by atoms with van der Waals surface area (Å²) in [5, 5.41) is 10.9. The Kier molecular flexibility index (Phi) is 3.36. The van der Waals surface area contributed by atoms with Crippen molar-refractivity contribution in [3.8, 4) is 0 Å². The highest BCUT2D eigenvalue weighted by Gasteiger charge is 2.24. The molecule has 0 atom stereocenters. The van der Waals surface area contributed by atoms with Crippen molar-refractivity contribution in [2.45, 2.75) is 39.2 Å². The molecule has 2 aromatic rings. The van der Waals surface area contributed by atoms with Crippen LogP contribution in [0.25, 0.3) is 10.9 Å². The summed E-state index contributed by atoms with van der Waals surface area (Å²) >= 11 is 0. The Bertz CT molecular complexity index is 555. The van der Waals surface area contributed by atoms with Crippen LogP contribution in [-0.2, 0) is 0 Å². The Morgan fingerprint density at radius 2 is 2.00 bits per heavy atom. The van der Waals surface area contributed by atoms with Gasteiger partial charge in [-0.3, -0.25) is 9.89 Å². The highest BCUT2D eigenvalue weighted by molar-refractivity contribution is 6.04. The molecule has 18 heavy (non-hydrogen) atoms. The zero-order valence-corrected chi connectivity index (χ0v) is 11.1. The van der Waals surface area contributed by atoms with Gasteiger partial charge in [0.25, 0.3) is 5.91 Å². The minimum Gasteiger partial charge on any atom is -0.345 e. The Morgan fingerprint density at radius 3 is 2.67 bits per heavy atom. The van der Waals surface area contributed by atoms with Gasteiger partial charge in [0.05, 0.1) is 5.52 Å². The van der Waals surface area contributed by atoms with Crippen molar-refractivity contribution in [2.75, 3.05) is 0 Å². The lowest BCUT2D eigenvalue weighted by Crippen LogP contribution is -2.45. The number of fused-ring (bicyclic) bond motifs is 1. The molecule has 4 heteroatoms. The summed E-state index contributed by atoms with van der Waals surface area (Å²) in [7, 11) is 0. The molecule has 0 aliphatic heterocycles. The molecule has 4 nitrogen and oxygen atoms in total. The average molecular weight is 245 g/mol. The fraction of sp³-hybridized carbons (Fsp3) is 0.429. The first-order chi connectivity index (χ1) is 8.59. The second kappa shape index (κ2) is 4.80. The quantitative estimate of drug-likeness (QED) is 0.870. The summed E-state index contributed by atoms with van der Waals surface area (Å²) < 4.78 is 0. The van der Waals surface area contributed by atoms with Crippen LogP contribution in [0.4, 0.5) is 0 Å². The number of nitrogens with one attached hydrogen (secondary N) is 2. The molecule has 1 aromatic carbocycles. The van der Waals surface area contributed by atoms with Crippen LogP contribution in [0.15, 0.2) is 24.3 Å². The molecule has 2 N–H and O–H groups in total. The number of aromatic amines is 1. The van der Waals surface area contributed by atoms with Gasteiger partial charge in [-0.25, -0.2) is 0 Å². The van der Waals surface area contributed by atoms with Crippen molar-refractivity contribution in [1.29, 1.82) is 0 Å². The maximum absolute atomic E-state index is 12.3. The Labute approximate surface area is 107 Å². The summed E-state index contributed by atoms with van der Waals surface area (Å²) in [6, 6.07) is 7.65. The van der Waals surface area contributed by atoms with Crippen LogP contribution in [0.2, 0.25) is 0 Å². The average Bonchev–Trinajstić information content (AvgIpc) is 2.82. The van der Waals surface area contributed by atoms with Gasteiger partial charge >= 0.3 is 0 Å². The summed E-state index contributed by atoms with van der Waals surface area (Å²) in [5.41, 5.74) is 1.19. The molecular formula is C14H19N3O. The Hall–Kier alpha value is -1.84. The fourth-order valence-corrected chi connectivity index (χ4v) is 1.90. The molecule has 1 amide bonds. The third kappa shape index (κ3) is 2.23. The molecule has 0 aliphatic rings. The van der Waals surface area contributed by atoms with E-state index in [0.29, 0.717) is 5.69 Å². The van der Waals surface area contributed by atoms with Crippen molar-refractivity contribution in [2.24, 2.45) is 0 Å². The van der Waals surface area contributed by atoms with Crippen molar-refractivity contribution in [3.05, 3.63) is 30.0 Å². The van der Waals surface area contributed by atoms with Gasteiger partial charge in [-0.05, 0) is 25.8 Å². The fourth-order valence-electron chi connectivity index (χ4n) is 1.90. The van der Waals surface area contributed by atoms with Crippen molar-refractivity contribution in [3.63, 3.8) is 0 Å². The zero-order valence-electron chi connectivity index (χ0n) is 11.1. The van der Waals surface area contributed by atoms with E-state index in [0.717, 1.165) is 23.7 Å². The molecule has 1 aromatic heterocycles. The van der Waals surface area contributed by atoms with Crippen LogP contribution in [0.3, 0.4) is 0 Å². The van der Waals surface area contributed by atoms with E-state index in [2.05, 4.69) is 36.3 Å². The van der Waals surface area contributed by atoms with E-state index in [1.165, 1.54) is 0 Å². The first kappa shape index (κ1) is 12.6. The highest BCUT2D eigenvalue weighted by atomic mass is 16.2. The van der Waals surface area contributed by atoms with Gasteiger partial charge in [-0.1, -0.05) is 32.0 Å². The number of aromatic nitrogens is 2. The number of carbonyl (C=O) groups excluding carboxylic acids is 1. The Balaban J connectivity index is 2.29. The Morgan fingerprint density at radius 1 is 1.33 bits per heavy atom. The number of carbonyl (C=O) groups is 1. The van der Waals surface area contributed by atoms with Gasteiger partial charge < -0.3 is 5.32 Å². The normalized spacial score (nSPS) is 11.7. The lowest BCUT2D eigenvalue weighted by molar-refractivity contribution is 0.0897. The standard InChI is InChI=1S/C14H19N3O/c1-4-14(3,5-2)15-13(18)12-10-8-6-7-9-11(10)16-17-12/h6-9H,4-5H2,1-3H3,(H,15,18)(H,16,17). The SMILES string of the molecule is CCC(C)(CC)NC(=O)c1n[nH]c2ccccc12. The molecule has 1 heterocycles. The number of nitrogens with zero attached hydrogens (tertiary/aromatic N) is 1. The number of rotatable bonds is 4. The molecule has 0 aliphatic carbocycles. The number of benzene rings is 1. The monoisotopic (exact) mass is 245 g/mol. The summed E-state index contributed by atoms with van der Waals surface area (Å²) in [5.74, 6) is -0.112. The van der Waals surface area contributed by atoms with Crippen LogP contribution in [-0.4, -0.2) is 21.6 Å². The third-order valence-electron chi connectivity index (χ3n) is 3.66. The molecule has 0 radical (unpaired) electrons. The van der Waals surface area contributed by atoms with Gasteiger partial charge in [0.15, 0.2) is 5.69 Å². The van der Waals surface area contributed by atoms with Gasteiger partial charge in [0.2, 0.25) is 0 Å². The first-order valence-electron chi connectivity index (χ1n) is 6.35. The van der Waals surface area contributed by atoms with Gasteiger partial charge in [0, 0.05) is 10.9 Å². The third-order valence-corrected chi connectivity index (χ3v) is 3.66. The van der Waals surface area contributed by atoms with Gasteiger partial charge in [0.1, 0.15) is 0 Å². The zero-order chi connectivity index (χ0) is 13.2. The summed E-state index contributed by atoms with van der Waals surface area (Å²) in [4.78, 5) is 12.3. The number of H-pyrrole nitrogens is 1. The number of hydrogen-bond donors (Lipinski definition) is 2. The summed E-state index contributed by atoms with van der Waals surface area (Å²) in [6.45, 7) is 6.21. The van der Waals surface area contributed by atoms with Gasteiger partial charge in [-0.15, -0.1) is 0 Å². The van der Waals surface area contributed by atoms with E-state index in [1.807, 2.05) is 24.3 Å². The predicted octanol–water partition coefficient (Wildman–Crippen LogP) is 2.87. The maximum atomic E-state index is 12.3. The smallest absolute Gasteiger partial charge is 0.272 e. The van der Waals surface area contributed by atoms with Crippen molar-refractivity contribution < 1.29 is 4.79 Å². The van der Waals surface area contributed by atoms with Crippen LogP contribution in [0, 0.1) is 0 Å². The van der Waals surface area contributed by atoms with E-state index >= 15 is 0 Å². The first-order valence-corrected chi connectivity index (χ1v) is 6.35. The number of para-hydroxylation sites is 1. The predicted molar refractivity (Wildman–Crippen MR) is 72.5 cm³/mol. The second-order valence-electron chi connectivity index (χ2n) is 4.84. The molecule has 0 saturated heterocycles. The lowest BCUT2D eigenvalue weighted by Gasteiger charge is -2.27. The maximum Gasteiger partial charge on any atom is 0.272 e. The lowest BCUT2D eigenvalue weighted by atomic mass is 9.95. The van der Waals surface area contributed by atoms with Crippen LogP contribution in [0.5, 0.6) is 0 Å². The van der Waals surface area contributed by atoms with Crippen LogP contribution >= 0.6 is 0 Å². The molecular weight excluding hydrogens is 226 g/mol. The molecule has 0 bridgehead atoms. The molecule has 2 rings (SSSR count). The van der Waals surface area contributed by atoms with E-state index < -0.39 is 0 Å². The largest absolute Gasteiger partial charge is 0.345 e. The van der Waals surface area contributed by atoms with E-state index in [1.54, 1.807) is 0 Å². The topological polar surface area (TPSA) is 57.8 Å². The van der Waals surface area contributed by atoms with E-state index in [9.17, 15) is 4.79 Å². The van der Waals surface area contributed by atoms with E-state index in [-0.39, 0.29) is 11.4 Å². The van der Waals surface area contributed by atoms with Crippen LogP contribution in [0.1, 0.15) is 44.1 Å². The number of hydrogen-bond acceptors (Lipinski definition) is 2.